The van der Waals surface area contributed by atoms with Gasteiger partial charge in [0.1, 0.15) is 10.6 Å². The van der Waals surface area contributed by atoms with Gasteiger partial charge in [0, 0.05) is 11.4 Å². The molecule has 0 aliphatic rings. The lowest BCUT2D eigenvalue weighted by Gasteiger charge is -2.13. The van der Waals surface area contributed by atoms with Crippen molar-refractivity contribution in [3.8, 4) is 5.69 Å². The van der Waals surface area contributed by atoms with Crippen LogP contribution in [0.15, 0.2) is 60.7 Å². The first kappa shape index (κ1) is 19.3. The average Bonchev–Trinajstić information content (AvgIpc) is 3.29. The van der Waals surface area contributed by atoms with E-state index in [0.717, 1.165) is 34.4 Å². The van der Waals surface area contributed by atoms with Crippen LogP contribution >= 0.6 is 11.3 Å². The number of amides is 1. The number of hydrogen-bond donors (Lipinski definition) is 1. The van der Waals surface area contributed by atoms with Crippen LogP contribution in [0.1, 0.15) is 34.3 Å². The second kappa shape index (κ2) is 8.17. The van der Waals surface area contributed by atoms with E-state index in [2.05, 4.69) is 22.5 Å². The number of fused-ring (bicyclic) bond motifs is 1. The molecule has 4 rings (SSSR count). The van der Waals surface area contributed by atoms with Crippen LogP contribution in [0.4, 0.5) is 4.39 Å². The summed E-state index contributed by atoms with van der Waals surface area (Å²) in [6.45, 7) is 3.94. The third kappa shape index (κ3) is 4.22. The molecule has 1 atom stereocenters. The lowest BCUT2D eigenvalue weighted by Crippen LogP contribution is -2.32. The van der Waals surface area contributed by atoms with E-state index in [9.17, 15) is 9.18 Å². The normalized spacial score (nSPS) is 12.2. The van der Waals surface area contributed by atoms with Crippen molar-refractivity contribution in [3.63, 3.8) is 0 Å². The largest absolute Gasteiger partial charge is 0.349 e. The first-order chi connectivity index (χ1) is 14.0. The number of hydrogen-bond acceptors (Lipinski definition) is 3. The molecular weight excluding hydrogens is 385 g/mol. The van der Waals surface area contributed by atoms with Gasteiger partial charge in [-0.3, -0.25) is 4.79 Å². The van der Waals surface area contributed by atoms with Gasteiger partial charge < -0.3 is 5.32 Å². The quantitative estimate of drug-likeness (QED) is 0.472. The minimum Gasteiger partial charge on any atom is -0.349 e. The van der Waals surface area contributed by atoms with Crippen LogP contribution in [0.2, 0.25) is 0 Å². The van der Waals surface area contributed by atoms with Crippen LogP contribution in [0.3, 0.4) is 0 Å². The van der Waals surface area contributed by atoms with Crippen molar-refractivity contribution in [2.45, 2.75) is 32.7 Å². The Hall–Kier alpha value is -2.99. The molecule has 0 fully saturated rings. The molecule has 2 aromatic heterocycles. The van der Waals surface area contributed by atoms with E-state index in [1.807, 2.05) is 38.1 Å². The fraction of sp³-hybridized carbons (Fsp3) is 0.217. The Morgan fingerprint density at radius 2 is 1.90 bits per heavy atom. The van der Waals surface area contributed by atoms with E-state index >= 15 is 0 Å². The SMILES string of the molecule is Cc1nn(-c2ccc(F)cc2)c2sc(C(=O)N[C@H](C)CCc3ccccc3)cc12. The van der Waals surface area contributed by atoms with Gasteiger partial charge in [0.25, 0.3) is 5.91 Å². The Morgan fingerprint density at radius 1 is 1.17 bits per heavy atom. The van der Waals surface area contributed by atoms with Gasteiger partial charge in [0.15, 0.2) is 0 Å². The van der Waals surface area contributed by atoms with E-state index in [1.165, 1.54) is 29.0 Å². The van der Waals surface area contributed by atoms with E-state index < -0.39 is 0 Å². The number of carbonyl (C=O) groups excluding carboxylic acids is 1. The molecule has 0 aliphatic carbocycles. The summed E-state index contributed by atoms with van der Waals surface area (Å²) in [4.78, 5) is 14.3. The van der Waals surface area contributed by atoms with Gasteiger partial charge in [-0.05, 0) is 62.6 Å². The Balaban J connectivity index is 1.49. The fourth-order valence-electron chi connectivity index (χ4n) is 3.31. The van der Waals surface area contributed by atoms with Crippen LogP contribution in [0.5, 0.6) is 0 Å². The highest BCUT2D eigenvalue weighted by atomic mass is 32.1. The van der Waals surface area contributed by atoms with Crippen LogP contribution < -0.4 is 5.32 Å². The van der Waals surface area contributed by atoms with Crippen molar-refractivity contribution < 1.29 is 9.18 Å². The predicted octanol–water partition coefficient (Wildman–Crippen LogP) is 5.29. The monoisotopic (exact) mass is 407 g/mol. The highest BCUT2D eigenvalue weighted by molar-refractivity contribution is 7.20. The second-order valence-corrected chi connectivity index (χ2v) is 8.23. The highest BCUT2D eigenvalue weighted by Crippen LogP contribution is 2.30. The summed E-state index contributed by atoms with van der Waals surface area (Å²) in [5, 5.41) is 8.59. The maximum absolute atomic E-state index is 13.2. The topological polar surface area (TPSA) is 46.9 Å². The molecule has 2 heterocycles. The van der Waals surface area contributed by atoms with Crippen LogP contribution in [-0.4, -0.2) is 21.7 Å². The Kier molecular flexibility index (Phi) is 5.45. The first-order valence-corrected chi connectivity index (χ1v) is 10.4. The van der Waals surface area contributed by atoms with Gasteiger partial charge >= 0.3 is 0 Å². The zero-order valence-corrected chi connectivity index (χ0v) is 17.2. The molecular formula is C23H22FN3OS. The van der Waals surface area contributed by atoms with Crippen LogP contribution in [0, 0.1) is 12.7 Å². The summed E-state index contributed by atoms with van der Waals surface area (Å²) in [6.07, 6.45) is 1.80. The summed E-state index contributed by atoms with van der Waals surface area (Å²) in [7, 11) is 0. The standard InChI is InChI=1S/C23H22FN3OS/c1-15(8-9-17-6-4-3-5-7-17)25-22(28)21-14-20-16(2)26-27(23(20)29-21)19-12-10-18(24)11-13-19/h3-7,10-15H,8-9H2,1-2H3,(H,25,28)/t15-/m1/s1. The van der Waals surface area contributed by atoms with Crippen molar-refractivity contribution in [2.75, 3.05) is 0 Å². The lowest BCUT2D eigenvalue weighted by molar-refractivity contribution is 0.0942. The lowest BCUT2D eigenvalue weighted by atomic mass is 10.1. The van der Waals surface area contributed by atoms with Gasteiger partial charge in [0.05, 0.1) is 16.3 Å². The van der Waals surface area contributed by atoms with Crippen molar-refractivity contribution in [1.29, 1.82) is 0 Å². The first-order valence-electron chi connectivity index (χ1n) is 9.61. The number of aromatic nitrogens is 2. The second-order valence-electron chi connectivity index (χ2n) is 7.20. The molecule has 0 aliphatic heterocycles. The van der Waals surface area contributed by atoms with Gasteiger partial charge in [-0.2, -0.15) is 5.10 Å². The molecule has 0 unspecified atom stereocenters. The number of nitrogens with zero attached hydrogens (tertiary/aromatic N) is 2. The number of benzene rings is 2. The van der Waals surface area contributed by atoms with E-state index in [1.54, 1.807) is 16.8 Å². The molecule has 6 heteroatoms. The molecule has 0 bridgehead atoms. The predicted molar refractivity (Wildman–Crippen MR) is 115 cm³/mol. The van der Waals surface area contributed by atoms with Crippen molar-refractivity contribution in [2.24, 2.45) is 0 Å². The molecule has 4 nitrogen and oxygen atoms in total. The number of thiophene rings is 1. The van der Waals surface area contributed by atoms with Crippen molar-refractivity contribution in [3.05, 3.63) is 82.6 Å². The number of nitrogens with one attached hydrogen (secondary N) is 1. The Labute approximate surface area is 173 Å². The van der Waals surface area contributed by atoms with E-state index in [-0.39, 0.29) is 17.8 Å². The third-order valence-corrected chi connectivity index (χ3v) is 6.04. The van der Waals surface area contributed by atoms with E-state index in [0.29, 0.717) is 4.88 Å². The smallest absolute Gasteiger partial charge is 0.261 e. The zero-order chi connectivity index (χ0) is 20.4. The summed E-state index contributed by atoms with van der Waals surface area (Å²) >= 11 is 1.40. The minimum atomic E-state index is -0.287. The van der Waals surface area contributed by atoms with Gasteiger partial charge in [-0.1, -0.05) is 30.3 Å². The van der Waals surface area contributed by atoms with Gasteiger partial charge in [-0.15, -0.1) is 11.3 Å². The van der Waals surface area contributed by atoms with E-state index in [4.69, 9.17) is 0 Å². The number of carbonyl (C=O) groups is 1. The minimum absolute atomic E-state index is 0.0719. The summed E-state index contributed by atoms with van der Waals surface area (Å²) in [6, 6.07) is 18.4. The third-order valence-electron chi connectivity index (χ3n) is 4.93. The molecule has 4 aromatic rings. The maximum atomic E-state index is 13.2. The summed E-state index contributed by atoms with van der Waals surface area (Å²) in [5.74, 6) is -0.360. The molecule has 148 valence electrons. The fourth-order valence-corrected chi connectivity index (χ4v) is 4.40. The van der Waals surface area contributed by atoms with Gasteiger partial charge in [-0.25, -0.2) is 9.07 Å². The number of halogens is 1. The molecule has 2 aromatic carbocycles. The Morgan fingerprint density at radius 3 is 2.62 bits per heavy atom. The molecule has 1 amide bonds. The zero-order valence-electron chi connectivity index (χ0n) is 16.4. The molecule has 1 N–H and O–H groups in total. The molecule has 0 radical (unpaired) electrons. The molecule has 0 saturated heterocycles. The number of rotatable bonds is 6. The number of aryl methyl sites for hydroxylation is 2. The van der Waals surface area contributed by atoms with Crippen LogP contribution in [0.25, 0.3) is 15.9 Å². The average molecular weight is 408 g/mol. The summed E-state index contributed by atoms with van der Waals surface area (Å²) < 4.78 is 15.0. The molecule has 0 saturated carbocycles. The van der Waals surface area contributed by atoms with Crippen molar-refractivity contribution >= 4 is 27.5 Å². The molecule has 0 spiro atoms. The summed E-state index contributed by atoms with van der Waals surface area (Å²) in [5.41, 5.74) is 2.89. The Bertz CT molecular complexity index is 1130. The highest BCUT2D eigenvalue weighted by Gasteiger charge is 2.18. The molecule has 29 heavy (non-hydrogen) atoms. The van der Waals surface area contributed by atoms with Crippen LogP contribution in [-0.2, 0) is 6.42 Å². The van der Waals surface area contributed by atoms with Crippen molar-refractivity contribution in [1.82, 2.24) is 15.1 Å². The maximum Gasteiger partial charge on any atom is 0.261 e. The van der Waals surface area contributed by atoms with Gasteiger partial charge in [0.2, 0.25) is 0 Å².